The van der Waals surface area contributed by atoms with Crippen LogP contribution in [-0.2, 0) is 0 Å². The summed E-state index contributed by atoms with van der Waals surface area (Å²) in [6, 6.07) is 16.5. The number of hydrazine groups is 1. The van der Waals surface area contributed by atoms with Gasteiger partial charge in [-0.15, -0.1) is 0 Å². The van der Waals surface area contributed by atoms with E-state index in [9.17, 15) is 19.6 Å². The Balaban J connectivity index is 1.93. The molecule has 0 aliphatic heterocycles. The molecule has 150 valence electrons. The number of benzene rings is 2. The van der Waals surface area contributed by atoms with Gasteiger partial charge in [0.2, 0.25) is 0 Å². The Labute approximate surface area is 171 Å². The van der Waals surface area contributed by atoms with Gasteiger partial charge in [-0.1, -0.05) is 18.2 Å². The van der Waals surface area contributed by atoms with Crippen LogP contribution < -0.4 is 21.1 Å². The first kappa shape index (κ1) is 20.3. The molecule has 0 unspecified atom stereocenters. The zero-order valence-corrected chi connectivity index (χ0v) is 16.2. The van der Waals surface area contributed by atoms with Gasteiger partial charge in [-0.3, -0.25) is 25.2 Å². The van der Waals surface area contributed by atoms with Crippen molar-refractivity contribution in [3.63, 3.8) is 0 Å². The van der Waals surface area contributed by atoms with Crippen molar-refractivity contribution < 1.29 is 14.3 Å². The van der Waals surface area contributed by atoms with Gasteiger partial charge in [-0.05, 0) is 43.3 Å². The number of methoxy groups -OCH3 is 1. The molecule has 0 bridgehead atoms. The zero-order valence-electron chi connectivity index (χ0n) is 16.2. The minimum absolute atomic E-state index is 0.110. The third kappa shape index (κ3) is 4.02. The second-order valence-corrected chi connectivity index (χ2v) is 6.15. The number of nitriles is 1. The Bertz CT molecular complexity index is 1200. The largest absolute Gasteiger partial charge is 0.497 e. The fourth-order valence-corrected chi connectivity index (χ4v) is 2.69. The first-order chi connectivity index (χ1) is 14.5. The average Bonchev–Trinajstić information content (AvgIpc) is 2.78. The zero-order chi connectivity index (χ0) is 21.7. The highest BCUT2D eigenvalue weighted by molar-refractivity contribution is 5.98. The Hall–Kier alpha value is -4.45. The van der Waals surface area contributed by atoms with Crippen LogP contribution in [0.15, 0.2) is 59.4 Å². The third-order valence-electron chi connectivity index (χ3n) is 4.31. The number of aromatic nitrogens is 2. The molecule has 9 nitrogen and oxygen atoms in total. The number of hydrogen-bond acceptors (Lipinski definition) is 6. The van der Waals surface area contributed by atoms with Crippen molar-refractivity contribution in [1.29, 1.82) is 5.26 Å². The van der Waals surface area contributed by atoms with Gasteiger partial charge in [0.05, 0.1) is 12.8 Å². The van der Waals surface area contributed by atoms with Crippen molar-refractivity contribution in [2.45, 2.75) is 6.92 Å². The van der Waals surface area contributed by atoms with E-state index in [0.29, 0.717) is 17.0 Å². The molecule has 0 aliphatic rings. The number of nitrogens with one attached hydrogen (secondary N) is 2. The maximum atomic E-state index is 12.6. The van der Waals surface area contributed by atoms with Crippen LogP contribution in [0.5, 0.6) is 5.75 Å². The van der Waals surface area contributed by atoms with Gasteiger partial charge in [0.25, 0.3) is 17.4 Å². The van der Waals surface area contributed by atoms with Crippen LogP contribution in [0.3, 0.4) is 0 Å². The van der Waals surface area contributed by atoms with E-state index in [1.165, 1.54) is 14.0 Å². The second-order valence-electron chi connectivity index (χ2n) is 6.15. The Kier molecular flexibility index (Phi) is 5.89. The van der Waals surface area contributed by atoms with E-state index in [4.69, 9.17) is 4.74 Å². The normalized spacial score (nSPS) is 10.0. The van der Waals surface area contributed by atoms with Crippen LogP contribution in [0, 0.1) is 18.3 Å². The molecule has 1 aromatic heterocycles. The van der Waals surface area contributed by atoms with Crippen LogP contribution in [0.2, 0.25) is 0 Å². The van der Waals surface area contributed by atoms with E-state index in [1.54, 1.807) is 54.6 Å². The van der Waals surface area contributed by atoms with Crippen molar-refractivity contribution in [2.75, 3.05) is 7.11 Å². The second kappa shape index (κ2) is 8.70. The van der Waals surface area contributed by atoms with Gasteiger partial charge in [0.15, 0.2) is 5.69 Å². The number of rotatable bonds is 4. The van der Waals surface area contributed by atoms with Gasteiger partial charge in [-0.25, -0.2) is 0 Å². The van der Waals surface area contributed by atoms with Gasteiger partial charge >= 0.3 is 0 Å². The molecule has 1 heterocycles. The van der Waals surface area contributed by atoms with Crippen molar-refractivity contribution in [1.82, 2.24) is 20.6 Å². The lowest BCUT2D eigenvalue weighted by molar-refractivity contribution is 0.0842. The highest BCUT2D eigenvalue weighted by Gasteiger charge is 2.21. The number of carbonyl (C=O) groups excluding carboxylic acids is 2. The van der Waals surface area contributed by atoms with E-state index < -0.39 is 17.4 Å². The van der Waals surface area contributed by atoms with E-state index >= 15 is 0 Å². The summed E-state index contributed by atoms with van der Waals surface area (Å²) in [5.41, 5.74) is 4.30. The quantitative estimate of drug-likeness (QED) is 0.636. The van der Waals surface area contributed by atoms with Crippen molar-refractivity contribution >= 4 is 11.8 Å². The van der Waals surface area contributed by atoms with Crippen molar-refractivity contribution in [3.8, 4) is 17.5 Å². The molecule has 2 aromatic carbocycles. The lowest BCUT2D eigenvalue weighted by atomic mass is 10.1. The topological polar surface area (TPSA) is 126 Å². The van der Waals surface area contributed by atoms with Gasteiger partial charge in [-0.2, -0.15) is 15.0 Å². The van der Waals surface area contributed by atoms with Gasteiger partial charge in [0, 0.05) is 11.1 Å². The molecule has 9 heteroatoms. The predicted octanol–water partition coefficient (Wildman–Crippen LogP) is 1.50. The minimum atomic E-state index is -0.768. The number of amides is 2. The summed E-state index contributed by atoms with van der Waals surface area (Å²) in [6.45, 7) is 1.44. The van der Waals surface area contributed by atoms with Crippen LogP contribution >= 0.6 is 0 Å². The predicted molar refractivity (Wildman–Crippen MR) is 107 cm³/mol. The number of nitrogens with zero attached hydrogens (tertiary/aromatic N) is 3. The summed E-state index contributed by atoms with van der Waals surface area (Å²) in [7, 11) is 1.51. The number of carbonyl (C=O) groups is 2. The molecule has 0 spiro atoms. The molecule has 3 aromatic rings. The van der Waals surface area contributed by atoms with E-state index in [1.807, 2.05) is 6.07 Å². The summed E-state index contributed by atoms with van der Waals surface area (Å²) < 4.78 is 6.04. The molecule has 0 saturated carbocycles. The Morgan fingerprint density at radius 1 is 1.03 bits per heavy atom. The SMILES string of the molecule is COc1ccc(-n2nc(C(=O)NNC(=O)c3ccccc3)c(C)c(C#N)c2=O)cc1. The molecule has 30 heavy (non-hydrogen) atoms. The molecule has 0 saturated heterocycles. The summed E-state index contributed by atoms with van der Waals surface area (Å²) >= 11 is 0. The molecular formula is C21H17N5O4. The maximum Gasteiger partial charge on any atom is 0.290 e. The molecule has 2 amide bonds. The minimum Gasteiger partial charge on any atom is -0.497 e. The maximum absolute atomic E-state index is 12.6. The van der Waals surface area contributed by atoms with Crippen molar-refractivity contribution in [2.24, 2.45) is 0 Å². The Morgan fingerprint density at radius 2 is 1.67 bits per heavy atom. The highest BCUT2D eigenvalue weighted by Crippen LogP contribution is 2.15. The lowest BCUT2D eigenvalue weighted by Crippen LogP contribution is -2.43. The summed E-state index contributed by atoms with van der Waals surface area (Å²) in [5, 5.41) is 13.5. The Morgan fingerprint density at radius 3 is 2.27 bits per heavy atom. The molecule has 0 atom stereocenters. The monoisotopic (exact) mass is 403 g/mol. The molecular weight excluding hydrogens is 386 g/mol. The molecule has 0 aliphatic carbocycles. The van der Waals surface area contributed by atoms with E-state index in [2.05, 4.69) is 16.0 Å². The molecule has 3 rings (SSSR count). The fourth-order valence-electron chi connectivity index (χ4n) is 2.69. The molecule has 0 radical (unpaired) electrons. The van der Waals surface area contributed by atoms with Crippen LogP contribution in [0.1, 0.15) is 32.0 Å². The lowest BCUT2D eigenvalue weighted by Gasteiger charge is -2.12. The fraction of sp³-hybridized carbons (Fsp3) is 0.0952. The smallest absolute Gasteiger partial charge is 0.290 e. The summed E-state index contributed by atoms with van der Waals surface area (Å²) in [6.07, 6.45) is 0. The molecule has 2 N–H and O–H groups in total. The summed E-state index contributed by atoms with van der Waals surface area (Å²) in [5.74, 6) is -0.720. The van der Waals surface area contributed by atoms with E-state index in [0.717, 1.165) is 4.68 Å². The number of ether oxygens (including phenoxy) is 1. The van der Waals surface area contributed by atoms with Gasteiger partial charge in [0.1, 0.15) is 17.4 Å². The first-order valence-corrected chi connectivity index (χ1v) is 8.80. The highest BCUT2D eigenvalue weighted by atomic mass is 16.5. The average molecular weight is 403 g/mol. The van der Waals surface area contributed by atoms with Crippen LogP contribution in [0.25, 0.3) is 5.69 Å². The standard InChI is InChI=1S/C21H17N5O4/c1-13-17(12-22)21(29)26(15-8-10-16(30-2)11-9-15)25-18(13)20(28)24-23-19(27)14-6-4-3-5-7-14/h3-11H,1-2H3,(H,23,27)(H,24,28). The number of hydrogen-bond donors (Lipinski definition) is 2. The van der Waals surface area contributed by atoms with Crippen molar-refractivity contribution in [3.05, 3.63) is 87.3 Å². The van der Waals surface area contributed by atoms with Gasteiger partial charge < -0.3 is 4.74 Å². The van der Waals surface area contributed by atoms with Crippen LogP contribution in [0.4, 0.5) is 0 Å². The summed E-state index contributed by atoms with van der Waals surface area (Å²) in [4.78, 5) is 37.4. The van der Waals surface area contributed by atoms with E-state index in [-0.39, 0.29) is 16.8 Å². The first-order valence-electron chi connectivity index (χ1n) is 8.80. The molecule has 0 fully saturated rings. The third-order valence-corrected chi connectivity index (χ3v) is 4.31. The van der Waals surface area contributed by atoms with Crippen LogP contribution in [-0.4, -0.2) is 28.7 Å².